The number of alkyl halides is 3. The third-order valence-corrected chi connectivity index (χ3v) is 9.00. The molecule has 4 heterocycles. The Balaban J connectivity index is 1.47. The fourth-order valence-corrected chi connectivity index (χ4v) is 6.68. The van der Waals surface area contributed by atoms with Gasteiger partial charge >= 0.3 is 6.18 Å². The summed E-state index contributed by atoms with van der Waals surface area (Å²) in [6, 6.07) is 8.88. The number of aliphatic hydroxyl groups is 1. The van der Waals surface area contributed by atoms with Crippen LogP contribution in [0, 0.1) is 0 Å². The van der Waals surface area contributed by atoms with Crippen molar-refractivity contribution in [2.45, 2.75) is 44.9 Å². The number of halogens is 3. The zero-order valence-corrected chi connectivity index (χ0v) is 23.7. The molecule has 2 N–H and O–H groups in total. The zero-order chi connectivity index (χ0) is 28.6. The van der Waals surface area contributed by atoms with Gasteiger partial charge in [-0.15, -0.1) is 0 Å². The SMILES string of the molecule is CCc1nc2ccc(C3CCN(CS(=O)O)CC3)cn2c1N(C)c1nc(-c2ccc(C(F)(F)F)cc2)c(CO)s1. The highest BCUT2D eigenvalue weighted by molar-refractivity contribution is 7.79. The molecule has 0 spiro atoms. The lowest BCUT2D eigenvalue weighted by molar-refractivity contribution is -0.137. The molecule has 0 radical (unpaired) electrons. The van der Waals surface area contributed by atoms with Crippen LogP contribution in [0.1, 0.15) is 47.4 Å². The predicted octanol–water partition coefficient (Wildman–Crippen LogP) is 5.66. The highest BCUT2D eigenvalue weighted by atomic mass is 32.2. The number of rotatable bonds is 8. The molecule has 3 aromatic heterocycles. The van der Waals surface area contributed by atoms with Crippen LogP contribution in [0.5, 0.6) is 0 Å². The van der Waals surface area contributed by atoms with Crippen molar-refractivity contribution >= 4 is 39.0 Å². The molecule has 0 saturated carbocycles. The maximum Gasteiger partial charge on any atom is 0.416 e. The van der Waals surface area contributed by atoms with Gasteiger partial charge in [0, 0.05) is 18.8 Å². The lowest BCUT2D eigenvalue weighted by atomic mass is 9.91. The number of benzene rings is 1. The van der Waals surface area contributed by atoms with Crippen molar-refractivity contribution in [3.8, 4) is 11.3 Å². The Morgan fingerprint density at radius 3 is 2.42 bits per heavy atom. The van der Waals surface area contributed by atoms with E-state index in [9.17, 15) is 27.0 Å². The van der Waals surface area contributed by atoms with E-state index in [1.54, 1.807) is 0 Å². The van der Waals surface area contributed by atoms with Gasteiger partial charge in [0.2, 0.25) is 0 Å². The molecule has 1 aliphatic rings. The van der Waals surface area contributed by atoms with Crippen molar-refractivity contribution in [2.75, 3.05) is 30.9 Å². The van der Waals surface area contributed by atoms with Crippen LogP contribution < -0.4 is 4.90 Å². The molecule has 5 rings (SSSR count). The molecule has 0 bridgehead atoms. The molecule has 0 aliphatic carbocycles. The molecule has 214 valence electrons. The van der Waals surface area contributed by atoms with E-state index in [1.807, 2.05) is 34.2 Å². The van der Waals surface area contributed by atoms with Crippen molar-refractivity contribution in [1.29, 1.82) is 0 Å². The van der Waals surface area contributed by atoms with Crippen LogP contribution in [0.15, 0.2) is 42.6 Å². The first-order chi connectivity index (χ1) is 19.1. The second kappa shape index (κ2) is 11.6. The van der Waals surface area contributed by atoms with Gasteiger partial charge in [-0.25, -0.2) is 14.2 Å². The number of nitrogens with zero attached hydrogens (tertiary/aromatic N) is 5. The van der Waals surface area contributed by atoms with Crippen molar-refractivity contribution < 1.29 is 27.0 Å². The molecular formula is C27H30F3N5O3S2. The van der Waals surface area contributed by atoms with E-state index >= 15 is 0 Å². The summed E-state index contributed by atoms with van der Waals surface area (Å²) in [6.07, 6.45) is 0.103. The highest BCUT2D eigenvalue weighted by Crippen LogP contribution is 2.39. The standard InChI is InChI=1S/C27H30F3N5O3S2/c1-3-21-25(35-14-19(6-9-23(35)31-21)17-10-12-34(13-11-17)16-40(37)38)33(2)26-32-24(22(15-36)39-26)18-4-7-20(8-5-18)27(28,29)30/h4-9,14,17,36H,3,10-13,15-16H2,1-2H3,(H,37,38). The number of likely N-dealkylation sites (tertiary alicyclic amines) is 1. The molecule has 4 aromatic rings. The molecule has 0 amide bonds. The number of aliphatic hydroxyl groups excluding tert-OH is 1. The lowest BCUT2D eigenvalue weighted by Crippen LogP contribution is -2.35. The zero-order valence-electron chi connectivity index (χ0n) is 22.1. The van der Waals surface area contributed by atoms with E-state index in [0.717, 1.165) is 60.8 Å². The van der Waals surface area contributed by atoms with Gasteiger partial charge in [0.1, 0.15) is 17.3 Å². The molecule has 1 aliphatic heterocycles. The lowest BCUT2D eigenvalue weighted by Gasteiger charge is -2.31. The fraction of sp³-hybridized carbons (Fsp3) is 0.407. The Morgan fingerprint density at radius 1 is 1.12 bits per heavy atom. The Hall–Kier alpha value is -2.84. The summed E-state index contributed by atoms with van der Waals surface area (Å²) in [6.45, 7) is 3.24. The second-order valence-corrected chi connectivity index (χ2v) is 11.8. The number of aromatic nitrogens is 3. The number of aryl methyl sites for hydroxylation is 1. The average molecular weight is 594 g/mol. The first-order valence-corrected chi connectivity index (χ1v) is 15.0. The minimum atomic E-state index is -4.43. The van der Waals surface area contributed by atoms with Crippen molar-refractivity contribution in [3.63, 3.8) is 0 Å². The summed E-state index contributed by atoms with van der Waals surface area (Å²) < 4.78 is 61.6. The number of imidazole rings is 1. The molecule has 13 heteroatoms. The van der Waals surface area contributed by atoms with Crippen LogP contribution in [0.3, 0.4) is 0 Å². The Kier molecular flexibility index (Phi) is 8.30. The number of pyridine rings is 1. The minimum absolute atomic E-state index is 0.167. The number of piperidine rings is 1. The van der Waals surface area contributed by atoms with Crippen LogP contribution in [-0.4, -0.2) is 59.2 Å². The van der Waals surface area contributed by atoms with Crippen LogP contribution >= 0.6 is 11.3 Å². The summed E-state index contributed by atoms with van der Waals surface area (Å²) in [7, 11) is 1.87. The van der Waals surface area contributed by atoms with Gasteiger partial charge < -0.3 is 14.6 Å². The van der Waals surface area contributed by atoms with Crippen LogP contribution in [0.25, 0.3) is 16.9 Å². The van der Waals surface area contributed by atoms with Gasteiger partial charge in [-0.2, -0.15) is 13.2 Å². The summed E-state index contributed by atoms with van der Waals surface area (Å²) in [5.74, 6) is 1.32. The highest BCUT2D eigenvalue weighted by Gasteiger charge is 2.30. The Bertz CT molecular complexity index is 1510. The monoisotopic (exact) mass is 593 g/mol. The molecule has 1 atom stereocenters. The Morgan fingerprint density at radius 2 is 1.82 bits per heavy atom. The van der Waals surface area contributed by atoms with Crippen LogP contribution in [0.2, 0.25) is 0 Å². The number of fused-ring (bicyclic) bond motifs is 1. The number of anilines is 2. The number of thiazole rings is 1. The third-order valence-electron chi connectivity index (χ3n) is 7.29. The molecule has 1 fully saturated rings. The van der Waals surface area contributed by atoms with E-state index in [1.165, 1.54) is 23.5 Å². The molecule has 1 unspecified atom stereocenters. The van der Waals surface area contributed by atoms with E-state index in [-0.39, 0.29) is 12.5 Å². The Labute approximate surface area is 236 Å². The maximum atomic E-state index is 13.1. The van der Waals surface area contributed by atoms with Gasteiger partial charge in [-0.3, -0.25) is 9.30 Å². The quantitative estimate of drug-likeness (QED) is 0.255. The van der Waals surface area contributed by atoms with Crippen molar-refractivity contribution in [1.82, 2.24) is 19.3 Å². The predicted molar refractivity (Wildman–Crippen MR) is 150 cm³/mol. The second-order valence-electron chi connectivity index (χ2n) is 9.83. The van der Waals surface area contributed by atoms with Crippen molar-refractivity contribution in [3.05, 3.63) is 64.3 Å². The summed E-state index contributed by atoms with van der Waals surface area (Å²) in [5.41, 5.74) is 3.03. The van der Waals surface area contributed by atoms with Crippen LogP contribution in [-0.2, 0) is 30.3 Å². The topological polar surface area (TPSA) is 94.2 Å². The largest absolute Gasteiger partial charge is 0.416 e. The smallest absolute Gasteiger partial charge is 0.391 e. The van der Waals surface area contributed by atoms with Gasteiger partial charge in [0.15, 0.2) is 16.2 Å². The van der Waals surface area contributed by atoms with E-state index in [4.69, 9.17) is 9.97 Å². The molecule has 8 nitrogen and oxygen atoms in total. The van der Waals surface area contributed by atoms with Gasteiger partial charge in [0.25, 0.3) is 0 Å². The normalized spacial score (nSPS) is 16.1. The summed E-state index contributed by atoms with van der Waals surface area (Å²) in [5, 5.41) is 10.6. The number of hydrogen-bond acceptors (Lipinski definition) is 7. The summed E-state index contributed by atoms with van der Waals surface area (Å²) in [4.78, 5) is 14.0. The molecule has 1 saturated heterocycles. The van der Waals surface area contributed by atoms with Gasteiger partial charge in [-0.05, 0) is 62.0 Å². The average Bonchev–Trinajstić information content (AvgIpc) is 3.53. The number of hydrogen-bond donors (Lipinski definition) is 2. The maximum absolute atomic E-state index is 13.1. The minimum Gasteiger partial charge on any atom is -0.391 e. The first kappa shape index (κ1) is 28.7. The molecule has 1 aromatic carbocycles. The first-order valence-electron chi connectivity index (χ1n) is 12.9. The summed E-state index contributed by atoms with van der Waals surface area (Å²) >= 11 is -0.552. The fourth-order valence-electron chi connectivity index (χ4n) is 5.21. The van der Waals surface area contributed by atoms with E-state index in [0.29, 0.717) is 33.6 Å². The van der Waals surface area contributed by atoms with E-state index < -0.39 is 22.8 Å². The third kappa shape index (κ3) is 5.79. The van der Waals surface area contributed by atoms with Gasteiger partial charge in [0.05, 0.1) is 28.4 Å². The van der Waals surface area contributed by atoms with Crippen molar-refractivity contribution in [2.24, 2.45) is 0 Å². The van der Waals surface area contributed by atoms with E-state index in [2.05, 4.69) is 12.3 Å². The van der Waals surface area contributed by atoms with Gasteiger partial charge in [-0.1, -0.05) is 36.5 Å². The molecular weight excluding hydrogens is 563 g/mol. The molecule has 40 heavy (non-hydrogen) atoms. The van der Waals surface area contributed by atoms with Crippen LogP contribution in [0.4, 0.5) is 24.1 Å².